The summed E-state index contributed by atoms with van der Waals surface area (Å²) in [4.78, 5) is 24.2. The molecule has 2 atom stereocenters. The molecule has 2 N–H and O–H groups in total. The van der Waals surface area contributed by atoms with Gasteiger partial charge < -0.3 is 20.1 Å². The Balaban J connectivity index is 2.14. The van der Waals surface area contributed by atoms with E-state index in [1.807, 2.05) is 6.07 Å². The molecule has 1 aromatic carbocycles. The van der Waals surface area contributed by atoms with Crippen molar-refractivity contribution in [2.75, 3.05) is 13.6 Å². The van der Waals surface area contributed by atoms with Crippen LogP contribution in [0.4, 0.5) is 0 Å². The van der Waals surface area contributed by atoms with Gasteiger partial charge in [0, 0.05) is 7.05 Å². The van der Waals surface area contributed by atoms with E-state index in [1.54, 1.807) is 25.1 Å². The fourth-order valence-electron chi connectivity index (χ4n) is 1.92. The molecule has 6 nitrogen and oxygen atoms in total. The van der Waals surface area contributed by atoms with Crippen molar-refractivity contribution in [3.63, 3.8) is 0 Å². The van der Waals surface area contributed by atoms with Gasteiger partial charge in [-0.2, -0.15) is 0 Å². The normalized spacial score (nSPS) is 20.7. The maximum absolute atomic E-state index is 12.2. The van der Waals surface area contributed by atoms with Gasteiger partial charge in [0.05, 0.1) is 6.54 Å². The summed E-state index contributed by atoms with van der Waals surface area (Å²) >= 11 is 0. The van der Waals surface area contributed by atoms with Crippen LogP contribution in [0, 0.1) is 0 Å². The molecule has 0 fully saturated rings. The Morgan fingerprint density at radius 2 is 1.84 bits per heavy atom. The van der Waals surface area contributed by atoms with Crippen LogP contribution in [0.15, 0.2) is 24.3 Å². The zero-order valence-electron chi connectivity index (χ0n) is 10.8. The fraction of sp³-hybridized carbons (Fsp3) is 0.385. The summed E-state index contributed by atoms with van der Waals surface area (Å²) in [7, 11) is 1.50. The average molecular weight is 264 g/mol. The number of hydrogen-bond donors (Lipinski definition) is 1. The Labute approximate surface area is 111 Å². The van der Waals surface area contributed by atoms with Crippen LogP contribution in [0.25, 0.3) is 0 Å². The van der Waals surface area contributed by atoms with Gasteiger partial charge in [0.15, 0.2) is 11.5 Å². The van der Waals surface area contributed by atoms with E-state index in [0.717, 1.165) is 0 Å². The van der Waals surface area contributed by atoms with Crippen LogP contribution in [-0.2, 0) is 9.59 Å². The van der Waals surface area contributed by atoms with Crippen molar-refractivity contribution < 1.29 is 19.1 Å². The molecule has 0 spiro atoms. The monoisotopic (exact) mass is 264 g/mol. The maximum Gasteiger partial charge on any atom is 0.267 e. The van der Waals surface area contributed by atoms with E-state index < -0.39 is 18.1 Å². The van der Waals surface area contributed by atoms with Crippen molar-refractivity contribution in [2.24, 2.45) is 5.73 Å². The third-order valence-corrected chi connectivity index (χ3v) is 2.85. The van der Waals surface area contributed by atoms with E-state index in [9.17, 15) is 9.59 Å². The fourth-order valence-corrected chi connectivity index (χ4v) is 1.92. The van der Waals surface area contributed by atoms with Gasteiger partial charge >= 0.3 is 0 Å². The zero-order chi connectivity index (χ0) is 14.0. The number of carbonyl (C=O) groups is 2. The lowest BCUT2D eigenvalue weighted by atomic mass is 10.1. The number of ether oxygens (including phenoxy) is 2. The summed E-state index contributed by atoms with van der Waals surface area (Å²) in [6.07, 6.45) is -1.21. The number of likely N-dealkylation sites (N-methyl/N-ethyl adjacent to an activating group) is 1. The summed E-state index contributed by atoms with van der Waals surface area (Å²) in [6, 6.07) is 7.14. The Hall–Kier alpha value is -2.24. The van der Waals surface area contributed by atoms with Gasteiger partial charge in [0.25, 0.3) is 5.91 Å². The molecule has 6 heteroatoms. The van der Waals surface area contributed by atoms with E-state index in [-0.39, 0.29) is 12.5 Å². The highest BCUT2D eigenvalue weighted by Crippen LogP contribution is 2.33. The summed E-state index contributed by atoms with van der Waals surface area (Å²) in [5.41, 5.74) is 5.07. The second-order valence-electron chi connectivity index (χ2n) is 4.47. The number of primary amides is 1. The highest BCUT2D eigenvalue weighted by molar-refractivity contribution is 5.87. The number of nitrogens with two attached hydrogens (primary N) is 1. The van der Waals surface area contributed by atoms with Crippen molar-refractivity contribution in [3.05, 3.63) is 24.3 Å². The van der Waals surface area contributed by atoms with E-state index in [0.29, 0.717) is 11.5 Å². The second-order valence-corrected chi connectivity index (χ2v) is 4.47. The lowest BCUT2D eigenvalue weighted by Crippen LogP contribution is -2.51. The molecule has 2 amide bonds. The average Bonchev–Trinajstić information content (AvgIpc) is 2.36. The predicted octanol–water partition coefficient (Wildman–Crippen LogP) is 0.159. The largest absolute Gasteiger partial charge is 0.482 e. The van der Waals surface area contributed by atoms with Crippen LogP contribution in [0.1, 0.15) is 6.92 Å². The molecular formula is C13H16N2O4. The quantitative estimate of drug-likeness (QED) is 0.843. The minimum absolute atomic E-state index is 0.146. The molecule has 0 aliphatic carbocycles. The number of amides is 2. The van der Waals surface area contributed by atoms with Crippen LogP contribution < -0.4 is 15.2 Å². The smallest absolute Gasteiger partial charge is 0.267 e. The number of para-hydroxylation sites is 2. The lowest BCUT2D eigenvalue weighted by Gasteiger charge is -2.33. The van der Waals surface area contributed by atoms with E-state index in [2.05, 4.69) is 0 Å². The maximum atomic E-state index is 12.2. The topological polar surface area (TPSA) is 81.9 Å². The number of benzene rings is 1. The van der Waals surface area contributed by atoms with Crippen molar-refractivity contribution in [1.82, 2.24) is 4.90 Å². The Morgan fingerprint density at radius 3 is 2.42 bits per heavy atom. The Kier molecular flexibility index (Phi) is 3.59. The SMILES string of the molecule is CC1Oc2ccccc2OC1C(=O)N(C)CC(N)=O. The van der Waals surface area contributed by atoms with Crippen LogP contribution in [0.3, 0.4) is 0 Å². The summed E-state index contributed by atoms with van der Waals surface area (Å²) in [5.74, 6) is 0.226. The number of fused-ring (bicyclic) bond motifs is 1. The first-order valence-corrected chi connectivity index (χ1v) is 5.94. The molecule has 2 rings (SSSR count). The zero-order valence-corrected chi connectivity index (χ0v) is 10.8. The number of rotatable bonds is 3. The minimum atomic E-state index is -0.778. The van der Waals surface area contributed by atoms with Crippen molar-refractivity contribution in [2.45, 2.75) is 19.1 Å². The molecule has 102 valence electrons. The lowest BCUT2D eigenvalue weighted by molar-refractivity contribution is -0.145. The highest BCUT2D eigenvalue weighted by atomic mass is 16.6. The first-order valence-electron chi connectivity index (χ1n) is 5.94. The Bertz CT molecular complexity index is 503. The Morgan fingerprint density at radius 1 is 1.26 bits per heavy atom. The van der Waals surface area contributed by atoms with Gasteiger partial charge in [0.2, 0.25) is 12.0 Å². The number of hydrogen-bond acceptors (Lipinski definition) is 4. The molecule has 0 saturated heterocycles. The predicted molar refractivity (Wildman–Crippen MR) is 67.8 cm³/mol. The second kappa shape index (κ2) is 5.17. The third-order valence-electron chi connectivity index (χ3n) is 2.85. The molecule has 19 heavy (non-hydrogen) atoms. The van der Waals surface area contributed by atoms with E-state index in [4.69, 9.17) is 15.2 Å². The molecule has 1 aliphatic rings. The number of carbonyl (C=O) groups excluding carboxylic acids is 2. The van der Waals surface area contributed by atoms with Crippen molar-refractivity contribution >= 4 is 11.8 Å². The molecule has 0 saturated carbocycles. The molecule has 1 aromatic rings. The van der Waals surface area contributed by atoms with Crippen molar-refractivity contribution in [1.29, 1.82) is 0 Å². The summed E-state index contributed by atoms with van der Waals surface area (Å²) in [6.45, 7) is 1.60. The summed E-state index contributed by atoms with van der Waals surface area (Å²) in [5, 5.41) is 0. The molecule has 2 unspecified atom stereocenters. The van der Waals surface area contributed by atoms with Crippen LogP contribution in [0.2, 0.25) is 0 Å². The van der Waals surface area contributed by atoms with E-state index >= 15 is 0 Å². The van der Waals surface area contributed by atoms with Crippen LogP contribution >= 0.6 is 0 Å². The van der Waals surface area contributed by atoms with Crippen LogP contribution in [-0.4, -0.2) is 42.5 Å². The van der Waals surface area contributed by atoms with Gasteiger partial charge in [-0.3, -0.25) is 9.59 Å². The highest BCUT2D eigenvalue weighted by Gasteiger charge is 2.35. The van der Waals surface area contributed by atoms with Crippen LogP contribution in [0.5, 0.6) is 11.5 Å². The summed E-state index contributed by atoms with van der Waals surface area (Å²) < 4.78 is 11.3. The third kappa shape index (κ3) is 2.78. The van der Waals surface area contributed by atoms with Gasteiger partial charge in [0.1, 0.15) is 6.10 Å². The molecule has 0 radical (unpaired) electrons. The molecule has 0 aromatic heterocycles. The molecule has 1 aliphatic heterocycles. The van der Waals surface area contributed by atoms with Crippen molar-refractivity contribution in [3.8, 4) is 11.5 Å². The number of nitrogens with zero attached hydrogens (tertiary/aromatic N) is 1. The van der Waals surface area contributed by atoms with Gasteiger partial charge in [-0.25, -0.2) is 0 Å². The first-order chi connectivity index (χ1) is 8.99. The van der Waals surface area contributed by atoms with Gasteiger partial charge in [-0.05, 0) is 19.1 Å². The minimum Gasteiger partial charge on any atom is -0.482 e. The molecule has 1 heterocycles. The van der Waals surface area contributed by atoms with Gasteiger partial charge in [-0.15, -0.1) is 0 Å². The molecular weight excluding hydrogens is 248 g/mol. The van der Waals surface area contributed by atoms with Gasteiger partial charge in [-0.1, -0.05) is 12.1 Å². The van der Waals surface area contributed by atoms with E-state index in [1.165, 1.54) is 11.9 Å². The first kappa shape index (κ1) is 13.2. The molecule has 0 bridgehead atoms. The standard InChI is InChI=1S/C13H16N2O4/c1-8-12(13(17)15(2)7-11(14)16)19-10-6-4-3-5-9(10)18-8/h3-6,8,12H,7H2,1-2H3,(H2,14,16).